The van der Waals surface area contributed by atoms with Gasteiger partial charge in [0.15, 0.2) is 0 Å². The highest BCUT2D eigenvalue weighted by atomic mass is 32.2. The number of hydrogen-bond acceptors (Lipinski definition) is 3. The molecule has 4 nitrogen and oxygen atoms in total. The first kappa shape index (κ1) is 10.4. The molecular weight excluding hydrogens is 214 g/mol. The Morgan fingerprint density at radius 1 is 1.47 bits per heavy atom. The molecule has 82 valence electrons. The van der Waals surface area contributed by atoms with E-state index in [9.17, 15) is 8.42 Å². The molecule has 0 radical (unpaired) electrons. The summed E-state index contributed by atoms with van der Waals surface area (Å²) in [5.74, 6) is 0.385. The molecule has 0 aromatic heterocycles. The van der Waals surface area contributed by atoms with Crippen molar-refractivity contribution in [1.29, 1.82) is 0 Å². The largest absolute Gasteiger partial charge is 0.384 e. The second-order valence-electron chi connectivity index (χ2n) is 3.96. The summed E-state index contributed by atoms with van der Waals surface area (Å²) >= 11 is 0. The summed E-state index contributed by atoms with van der Waals surface area (Å²) in [7, 11) is -4.10. The second-order valence-corrected chi connectivity index (χ2v) is 5.38. The maximum Gasteiger partial charge on any atom is 0.294 e. The average molecular weight is 227 g/mol. The zero-order chi connectivity index (χ0) is 11.2. The number of rotatable bonds is 1. The Kier molecular flexibility index (Phi) is 2.24. The zero-order valence-electron chi connectivity index (χ0n) is 8.61. The molecular formula is C10H13NO3S. The van der Waals surface area contributed by atoms with Crippen LogP contribution in [-0.2, 0) is 10.1 Å². The van der Waals surface area contributed by atoms with E-state index in [4.69, 9.17) is 4.55 Å². The van der Waals surface area contributed by atoms with E-state index in [2.05, 4.69) is 12.2 Å². The van der Waals surface area contributed by atoms with Crippen molar-refractivity contribution in [1.82, 2.24) is 0 Å². The van der Waals surface area contributed by atoms with E-state index in [1.165, 1.54) is 12.1 Å². The van der Waals surface area contributed by atoms with Crippen molar-refractivity contribution in [3.8, 4) is 0 Å². The normalized spacial score (nSPS) is 19.8. The van der Waals surface area contributed by atoms with Crippen LogP contribution in [0.2, 0.25) is 0 Å². The van der Waals surface area contributed by atoms with Gasteiger partial charge in [0, 0.05) is 18.2 Å². The Hall–Kier alpha value is -1.07. The Morgan fingerprint density at radius 2 is 2.13 bits per heavy atom. The highest BCUT2D eigenvalue weighted by Gasteiger charge is 2.23. The number of hydrogen-bond donors (Lipinski definition) is 2. The second kappa shape index (κ2) is 3.21. The minimum Gasteiger partial charge on any atom is -0.384 e. The van der Waals surface area contributed by atoms with Gasteiger partial charge in [0.2, 0.25) is 0 Å². The van der Waals surface area contributed by atoms with Crippen LogP contribution in [0.25, 0.3) is 0 Å². The predicted octanol–water partition coefficient (Wildman–Crippen LogP) is 1.77. The van der Waals surface area contributed by atoms with Gasteiger partial charge in [0.25, 0.3) is 10.1 Å². The predicted molar refractivity (Wildman–Crippen MR) is 57.9 cm³/mol. The van der Waals surface area contributed by atoms with Crippen LogP contribution in [-0.4, -0.2) is 19.5 Å². The first-order valence-corrected chi connectivity index (χ1v) is 6.19. The van der Waals surface area contributed by atoms with E-state index < -0.39 is 10.1 Å². The van der Waals surface area contributed by atoms with Gasteiger partial charge in [0.05, 0.1) is 4.90 Å². The van der Waals surface area contributed by atoms with E-state index in [0.29, 0.717) is 5.92 Å². The van der Waals surface area contributed by atoms with Gasteiger partial charge in [-0.2, -0.15) is 8.42 Å². The summed E-state index contributed by atoms with van der Waals surface area (Å²) in [4.78, 5) is -0.0413. The molecule has 15 heavy (non-hydrogen) atoms. The Morgan fingerprint density at radius 3 is 2.73 bits per heavy atom. The maximum atomic E-state index is 11.0. The van der Waals surface area contributed by atoms with E-state index in [1.807, 2.05) is 6.92 Å². The van der Waals surface area contributed by atoms with E-state index in [1.54, 1.807) is 0 Å². The molecule has 0 amide bonds. The van der Waals surface area contributed by atoms with Gasteiger partial charge in [-0.3, -0.25) is 4.55 Å². The van der Waals surface area contributed by atoms with Crippen molar-refractivity contribution in [3.63, 3.8) is 0 Å². The molecule has 0 bridgehead atoms. The quantitative estimate of drug-likeness (QED) is 0.717. The summed E-state index contributed by atoms with van der Waals surface area (Å²) in [6.45, 7) is 4.75. The fourth-order valence-electron chi connectivity index (χ4n) is 2.08. The van der Waals surface area contributed by atoms with E-state index in [0.717, 1.165) is 23.4 Å². The fraction of sp³-hybridized carbons (Fsp3) is 0.400. The zero-order valence-corrected chi connectivity index (χ0v) is 9.43. The van der Waals surface area contributed by atoms with Crippen LogP contribution in [0, 0.1) is 6.92 Å². The van der Waals surface area contributed by atoms with Gasteiger partial charge >= 0.3 is 0 Å². The lowest BCUT2D eigenvalue weighted by atomic mass is 9.98. The molecule has 1 heterocycles. The lowest BCUT2D eigenvalue weighted by molar-refractivity contribution is 0.483. The number of nitrogens with one attached hydrogen (secondary N) is 1. The third kappa shape index (κ3) is 1.72. The standard InChI is InChI=1S/C10H13NO3S/c1-6-3-8(15(12,13)14)4-9-10(6)7(2)5-11-9/h3-4,7,11H,5H2,1-2H3,(H,12,13,14). The first-order chi connectivity index (χ1) is 6.89. The first-order valence-electron chi connectivity index (χ1n) is 4.75. The smallest absolute Gasteiger partial charge is 0.294 e. The van der Waals surface area contributed by atoms with Gasteiger partial charge in [-0.25, -0.2) is 0 Å². The van der Waals surface area contributed by atoms with Crippen LogP contribution in [0.1, 0.15) is 24.0 Å². The lowest BCUT2D eigenvalue weighted by Crippen LogP contribution is -2.00. The molecule has 2 N–H and O–H groups in total. The summed E-state index contributed by atoms with van der Waals surface area (Å²) in [6, 6.07) is 3.00. The van der Waals surface area contributed by atoms with Gasteiger partial charge in [0.1, 0.15) is 0 Å². The molecule has 1 unspecified atom stereocenters. The Bertz CT molecular complexity index is 508. The molecule has 0 saturated heterocycles. The number of benzene rings is 1. The third-order valence-electron chi connectivity index (χ3n) is 2.75. The van der Waals surface area contributed by atoms with Crippen molar-refractivity contribution in [2.45, 2.75) is 24.7 Å². The molecule has 0 fully saturated rings. The molecule has 0 saturated carbocycles. The van der Waals surface area contributed by atoms with Crippen LogP contribution in [0.5, 0.6) is 0 Å². The minimum atomic E-state index is -4.10. The van der Waals surface area contributed by atoms with E-state index >= 15 is 0 Å². The van der Waals surface area contributed by atoms with Gasteiger partial charge < -0.3 is 5.32 Å². The van der Waals surface area contributed by atoms with Crippen molar-refractivity contribution in [3.05, 3.63) is 23.3 Å². The molecule has 1 aliphatic rings. The van der Waals surface area contributed by atoms with Crippen molar-refractivity contribution in [2.24, 2.45) is 0 Å². The summed E-state index contributed by atoms with van der Waals surface area (Å²) in [5.41, 5.74) is 2.86. The highest BCUT2D eigenvalue weighted by molar-refractivity contribution is 7.85. The number of anilines is 1. The monoisotopic (exact) mass is 227 g/mol. The van der Waals surface area contributed by atoms with Crippen LogP contribution < -0.4 is 5.32 Å². The summed E-state index contributed by atoms with van der Waals surface area (Å²) in [6.07, 6.45) is 0. The third-order valence-corrected chi connectivity index (χ3v) is 3.58. The molecule has 1 aliphatic heterocycles. The molecule has 2 rings (SSSR count). The van der Waals surface area contributed by atoms with Gasteiger partial charge in [-0.05, 0) is 30.2 Å². The average Bonchev–Trinajstić information content (AvgIpc) is 2.46. The maximum absolute atomic E-state index is 11.0. The molecule has 5 heteroatoms. The summed E-state index contributed by atoms with van der Waals surface area (Å²) < 4.78 is 30.9. The Labute approximate surface area is 89.1 Å². The lowest BCUT2D eigenvalue weighted by Gasteiger charge is -2.08. The van der Waals surface area contributed by atoms with Gasteiger partial charge in [-0.1, -0.05) is 6.92 Å². The fourth-order valence-corrected chi connectivity index (χ4v) is 2.67. The molecule has 1 atom stereocenters. The number of fused-ring (bicyclic) bond motifs is 1. The Balaban J connectivity index is 2.64. The van der Waals surface area contributed by atoms with Crippen LogP contribution in [0.3, 0.4) is 0 Å². The molecule has 1 aromatic carbocycles. The van der Waals surface area contributed by atoms with Crippen LogP contribution in [0.15, 0.2) is 17.0 Å². The van der Waals surface area contributed by atoms with Crippen molar-refractivity contribution < 1.29 is 13.0 Å². The molecule has 0 spiro atoms. The van der Waals surface area contributed by atoms with Crippen LogP contribution >= 0.6 is 0 Å². The minimum absolute atomic E-state index is 0.0413. The number of aryl methyl sites for hydroxylation is 1. The topological polar surface area (TPSA) is 66.4 Å². The van der Waals surface area contributed by atoms with Gasteiger partial charge in [-0.15, -0.1) is 0 Å². The van der Waals surface area contributed by atoms with Crippen LogP contribution in [0.4, 0.5) is 5.69 Å². The molecule has 0 aliphatic carbocycles. The SMILES string of the molecule is Cc1cc(S(=O)(=O)O)cc2c1C(C)CN2. The summed E-state index contributed by atoms with van der Waals surface area (Å²) in [5, 5.41) is 3.13. The van der Waals surface area contributed by atoms with Crippen molar-refractivity contribution >= 4 is 15.8 Å². The van der Waals surface area contributed by atoms with E-state index in [-0.39, 0.29) is 4.90 Å². The van der Waals surface area contributed by atoms with Crippen molar-refractivity contribution in [2.75, 3.05) is 11.9 Å². The molecule has 1 aromatic rings. The highest BCUT2D eigenvalue weighted by Crippen LogP contribution is 2.35.